The maximum Gasteiger partial charge on any atom is 0.147 e. The van der Waals surface area contributed by atoms with Crippen molar-refractivity contribution in [1.82, 2.24) is 0 Å². The molecule has 0 aliphatic rings. The number of halogens is 3. The Balaban J connectivity index is 2.27. The van der Waals surface area contributed by atoms with Crippen molar-refractivity contribution in [3.63, 3.8) is 0 Å². The average Bonchev–Trinajstić information content (AvgIpc) is 2.53. The first kappa shape index (κ1) is 14.2. The zero-order valence-electron chi connectivity index (χ0n) is 11.5. The molecule has 3 rings (SSSR count). The summed E-state index contributed by atoms with van der Waals surface area (Å²) in [4.78, 5) is 1.24. The lowest BCUT2D eigenvalue weighted by Gasteiger charge is -2.26. The first-order chi connectivity index (χ1) is 10.7. The topological polar surface area (TPSA) is 3.24 Å². The highest BCUT2D eigenvalue weighted by Gasteiger charge is 2.21. The Labute approximate surface area is 126 Å². The Morgan fingerprint density at radius 3 is 1.00 bits per heavy atom. The van der Waals surface area contributed by atoms with E-state index in [4.69, 9.17) is 0 Å². The molecule has 0 fully saturated rings. The van der Waals surface area contributed by atoms with Crippen LogP contribution >= 0.6 is 0 Å². The minimum absolute atomic E-state index is 0.0812. The summed E-state index contributed by atoms with van der Waals surface area (Å²) in [5, 5.41) is 0. The Morgan fingerprint density at radius 2 is 0.727 bits per heavy atom. The summed E-state index contributed by atoms with van der Waals surface area (Å²) in [6.45, 7) is 0. The Morgan fingerprint density at radius 1 is 0.455 bits per heavy atom. The Kier molecular flexibility index (Phi) is 3.83. The minimum atomic E-state index is -0.561. The summed E-state index contributed by atoms with van der Waals surface area (Å²) in [5.41, 5.74) is 0.244. The molecule has 0 bridgehead atoms. The SMILES string of the molecule is Fc1ccccc1N(c1ccccc1F)c1ccccc1F. The fraction of sp³-hybridized carbons (Fsp3) is 0. The van der Waals surface area contributed by atoms with Gasteiger partial charge in [0.15, 0.2) is 0 Å². The van der Waals surface area contributed by atoms with Crippen molar-refractivity contribution >= 4 is 17.1 Å². The van der Waals surface area contributed by atoms with Crippen LogP contribution in [0.5, 0.6) is 0 Å². The van der Waals surface area contributed by atoms with Gasteiger partial charge in [-0.3, -0.25) is 0 Å². The molecule has 0 amide bonds. The van der Waals surface area contributed by atoms with Gasteiger partial charge in [0.05, 0.1) is 17.1 Å². The van der Waals surface area contributed by atoms with E-state index >= 15 is 0 Å². The van der Waals surface area contributed by atoms with Crippen LogP contribution in [0.3, 0.4) is 0 Å². The molecule has 0 unspecified atom stereocenters. The molecule has 3 aromatic carbocycles. The van der Waals surface area contributed by atoms with Gasteiger partial charge in [-0.05, 0) is 36.4 Å². The fourth-order valence-electron chi connectivity index (χ4n) is 2.29. The molecule has 0 heterocycles. The molecule has 0 saturated heterocycles. The molecule has 4 heteroatoms. The van der Waals surface area contributed by atoms with Crippen LogP contribution in [0.4, 0.5) is 30.2 Å². The van der Waals surface area contributed by atoms with E-state index in [1.54, 1.807) is 18.2 Å². The van der Waals surface area contributed by atoms with Gasteiger partial charge in [-0.2, -0.15) is 0 Å². The minimum Gasteiger partial charge on any atom is -0.302 e. The fourth-order valence-corrected chi connectivity index (χ4v) is 2.29. The third-order valence-corrected chi connectivity index (χ3v) is 3.28. The first-order valence-electron chi connectivity index (χ1n) is 6.72. The molecule has 0 spiro atoms. The van der Waals surface area contributed by atoms with Crippen LogP contribution in [-0.4, -0.2) is 0 Å². The van der Waals surface area contributed by atoms with Crippen LogP contribution in [0, 0.1) is 17.5 Å². The van der Waals surface area contributed by atoms with E-state index in [0.717, 1.165) is 0 Å². The van der Waals surface area contributed by atoms with Crippen molar-refractivity contribution in [3.05, 3.63) is 90.2 Å². The summed E-state index contributed by atoms with van der Waals surface area (Å²) in [6, 6.07) is 17.6. The van der Waals surface area contributed by atoms with Crippen molar-refractivity contribution in [3.8, 4) is 0 Å². The van der Waals surface area contributed by atoms with E-state index in [1.165, 1.54) is 59.5 Å². The van der Waals surface area contributed by atoms with E-state index in [0.29, 0.717) is 0 Å². The van der Waals surface area contributed by atoms with E-state index in [-0.39, 0.29) is 17.1 Å². The number of para-hydroxylation sites is 3. The Hall–Kier alpha value is -2.75. The van der Waals surface area contributed by atoms with Gasteiger partial charge in [-0.15, -0.1) is 0 Å². The number of anilines is 3. The second kappa shape index (κ2) is 5.93. The van der Waals surface area contributed by atoms with Crippen LogP contribution in [0.1, 0.15) is 0 Å². The van der Waals surface area contributed by atoms with Crippen LogP contribution in [0.15, 0.2) is 72.8 Å². The maximum absolute atomic E-state index is 14.2. The van der Waals surface area contributed by atoms with Gasteiger partial charge >= 0.3 is 0 Å². The molecule has 0 saturated carbocycles. The lowest BCUT2D eigenvalue weighted by molar-refractivity contribution is 0.611. The summed E-state index contributed by atoms with van der Waals surface area (Å²) in [7, 11) is 0. The Bertz CT molecular complexity index is 693. The predicted molar refractivity (Wildman–Crippen MR) is 81.0 cm³/mol. The molecule has 0 N–H and O–H groups in total. The van der Waals surface area contributed by atoms with Crippen molar-refractivity contribution in [1.29, 1.82) is 0 Å². The summed E-state index contributed by atoms with van der Waals surface area (Å²) < 4.78 is 42.6. The van der Waals surface area contributed by atoms with E-state index < -0.39 is 17.5 Å². The predicted octanol–water partition coefficient (Wildman–Crippen LogP) is 5.57. The summed E-state index contributed by atoms with van der Waals surface area (Å²) >= 11 is 0. The zero-order chi connectivity index (χ0) is 15.5. The van der Waals surface area contributed by atoms with Crippen molar-refractivity contribution in [2.24, 2.45) is 0 Å². The summed E-state index contributed by atoms with van der Waals surface area (Å²) in [6.07, 6.45) is 0. The highest BCUT2D eigenvalue weighted by atomic mass is 19.1. The van der Waals surface area contributed by atoms with Gasteiger partial charge < -0.3 is 4.90 Å². The molecule has 0 aromatic heterocycles. The van der Waals surface area contributed by atoms with Crippen LogP contribution < -0.4 is 4.90 Å². The quantitative estimate of drug-likeness (QED) is 0.610. The first-order valence-corrected chi connectivity index (χ1v) is 6.72. The number of hydrogen-bond acceptors (Lipinski definition) is 1. The maximum atomic E-state index is 14.2. The normalized spacial score (nSPS) is 10.5. The molecule has 22 heavy (non-hydrogen) atoms. The molecular weight excluding hydrogens is 287 g/mol. The van der Waals surface area contributed by atoms with E-state index in [9.17, 15) is 13.2 Å². The van der Waals surface area contributed by atoms with Gasteiger partial charge in [-0.25, -0.2) is 13.2 Å². The molecule has 0 atom stereocenters. The van der Waals surface area contributed by atoms with Gasteiger partial charge in [-0.1, -0.05) is 36.4 Å². The second-order valence-electron chi connectivity index (χ2n) is 4.69. The number of hydrogen-bond donors (Lipinski definition) is 0. The van der Waals surface area contributed by atoms with E-state index in [1.807, 2.05) is 0 Å². The van der Waals surface area contributed by atoms with Crippen LogP contribution in [-0.2, 0) is 0 Å². The molecule has 1 nitrogen and oxygen atoms in total. The van der Waals surface area contributed by atoms with Gasteiger partial charge in [0.25, 0.3) is 0 Å². The molecule has 3 aromatic rings. The largest absolute Gasteiger partial charge is 0.302 e. The van der Waals surface area contributed by atoms with Crippen molar-refractivity contribution in [2.45, 2.75) is 0 Å². The molecular formula is C18H12F3N. The van der Waals surface area contributed by atoms with Gasteiger partial charge in [0, 0.05) is 0 Å². The third kappa shape index (κ3) is 2.55. The molecule has 0 aliphatic carbocycles. The van der Waals surface area contributed by atoms with Crippen LogP contribution in [0.25, 0.3) is 0 Å². The average molecular weight is 299 g/mol. The van der Waals surface area contributed by atoms with Crippen LogP contribution in [0.2, 0.25) is 0 Å². The highest BCUT2D eigenvalue weighted by Crippen LogP contribution is 2.38. The monoisotopic (exact) mass is 299 g/mol. The molecule has 110 valence electrons. The molecule has 0 radical (unpaired) electrons. The smallest absolute Gasteiger partial charge is 0.147 e. The highest BCUT2D eigenvalue weighted by molar-refractivity contribution is 5.77. The number of rotatable bonds is 3. The van der Waals surface area contributed by atoms with Crippen molar-refractivity contribution < 1.29 is 13.2 Å². The molecule has 0 aliphatic heterocycles. The lowest BCUT2D eigenvalue weighted by Crippen LogP contribution is -2.14. The van der Waals surface area contributed by atoms with E-state index in [2.05, 4.69) is 0 Å². The van der Waals surface area contributed by atoms with Gasteiger partial charge in [0.2, 0.25) is 0 Å². The number of benzene rings is 3. The van der Waals surface area contributed by atoms with Crippen molar-refractivity contribution in [2.75, 3.05) is 4.90 Å². The number of nitrogens with zero attached hydrogens (tertiary/aromatic N) is 1. The zero-order valence-corrected chi connectivity index (χ0v) is 11.5. The summed E-state index contributed by atoms with van der Waals surface area (Å²) in [5.74, 6) is -1.68. The third-order valence-electron chi connectivity index (χ3n) is 3.28. The second-order valence-corrected chi connectivity index (χ2v) is 4.69. The lowest BCUT2D eigenvalue weighted by atomic mass is 10.1. The standard InChI is InChI=1S/C18H12F3N/c19-13-7-1-4-10-16(13)22(17-11-5-2-8-14(17)20)18-12-6-3-9-15(18)21/h1-12H. The van der Waals surface area contributed by atoms with Gasteiger partial charge in [0.1, 0.15) is 17.5 Å².